The van der Waals surface area contributed by atoms with Crippen LogP contribution in [0, 0.1) is 12.8 Å². The molecule has 0 aliphatic carbocycles. The van der Waals surface area contributed by atoms with E-state index >= 15 is 0 Å². The van der Waals surface area contributed by atoms with Gasteiger partial charge in [-0.25, -0.2) is 9.97 Å². The van der Waals surface area contributed by atoms with Crippen molar-refractivity contribution in [2.45, 2.75) is 33.1 Å². The first kappa shape index (κ1) is 15.0. The van der Waals surface area contributed by atoms with Gasteiger partial charge in [0.05, 0.1) is 0 Å². The number of piperidine rings is 1. The monoisotopic (exact) mass is 277 g/mol. The van der Waals surface area contributed by atoms with E-state index in [9.17, 15) is 0 Å². The molecule has 0 amide bonds. The molecule has 0 radical (unpaired) electrons. The number of nitrogens with zero attached hydrogens (tertiary/aromatic N) is 4. The molecule has 1 saturated heterocycles. The number of nitrogen functional groups attached to an aromatic ring is 1. The summed E-state index contributed by atoms with van der Waals surface area (Å²) in [7, 11) is 4.30. The lowest BCUT2D eigenvalue weighted by molar-refractivity contribution is 0.284. The lowest BCUT2D eigenvalue weighted by Gasteiger charge is -2.34. The minimum atomic E-state index is 0.627. The largest absolute Gasteiger partial charge is 0.383 e. The highest BCUT2D eigenvalue weighted by Crippen LogP contribution is 2.27. The van der Waals surface area contributed by atoms with Gasteiger partial charge in [0.1, 0.15) is 17.5 Å². The predicted molar refractivity (Wildman–Crippen MR) is 84.1 cm³/mol. The molecule has 1 aromatic rings. The maximum atomic E-state index is 6.01. The van der Waals surface area contributed by atoms with E-state index in [0.29, 0.717) is 5.82 Å². The van der Waals surface area contributed by atoms with Crippen molar-refractivity contribution in [3.63, 3.8) is 0 Å². The number of hydrogen-bond donors (Lipinski definition) is 1. The van der Waals surface area contributed by atoms with Gasteiger partial charge in [-0.05, 0) is 39.8 Å². The van der Waals surface area contributed by atoms with Crippen LogP contribution < -0.4 is 10.6 Å². The van der Waals surface area contributed by atoms with Gasteiger partial charge in [0.2, 0.25) is 0 Å². The summed E-state index contributed by atoms with van der Waals surface area (Å²) in [5, 5.41) is 0. The fourth-order valence-corrected chi connectivity index (χ4v) is 2.88. The Morgan fingerprint density at radius 1 is 1.25 bits per heavy atom. The zero-order valence-corrected chi connectivity index (χ0v) is 13.2. The molecular formula is C15H27N5. The maximum Gasteiger partial charge on any atom is 0.137 e. The maximum absolute atomic E-state index is 6.01. The van der Waals surface area contributed by atoms with E-state index < -0.39 is 0 Å². The van der Waals surface area contributed by atoms with E-state index in [1.807, 2.05) is 6.92 Å². The molecule has 1 aliphatic rings. The summed E-state index contributed by atoms with van der Waals surface area (Å²) in [4.78, 5) is 13.7. The summed E-state index contributed by atoms with van der Waals surface area (Å²) in [5.41, 5.74) is 7.03. The minimum absolute atomic E-state index is 0.627. The van der Waals surface area contributed by atoms with Crippen molar-refractivity contribution in [2.24, 2.45) is 5.92 Å². The number of rotatable bonds is 4. The summed E-state index contributed by atoms with van der Waals surface area (Å²) in [5.74, 6) is 3.31. The van der Waals surface area contributed by atoms with Gasteiger partial charge in [0.15, 0.2) is 0 Å². The Bertz CT molecular complexity index is 450. The van der Waals surface area contributed by atoms with Gasteiger partial charge in [-0.1, -0.05) is 6.92 Å². The van der Waals surface area contributed by atoms with Crippen LogP contribution in [0.3, 0.4) is 0 Å². The van der Waals surface area contributed by atoms with Crippen LogP contribution in [0.4, 0.5) is 11.6 Å². The molecule has 0 atom stereocenters. The third kappa shape index (κ3) is 3.39. The van der Waals surface area contributed by atoms with Gasteiger partial charge in [-0.3, -0.25) is 0 Å². The molecule has 0 spiro atoms. The van der Waals surface area contributed by atoms with Crippen molar-refractivity contribution in [1.82, 2.24) is 14.9 Å². The minimum Gasteiger partial charge on any atom is -0.383 e. The molecule has 0 bridgehead atoms. The quantitative estimate of drug-likeness (QED) is 0.908. The van der Waals surface area contributed by atoms with Crippen molar-refractivity contribution >= 4 is 11.6 Å². The fourth-order valence-electron chi connectivity index (χ4n) is 2.88. The number of aromatic nitrogens is 2. The molecular weight excluding hydrogens is 250 g/mol. The first-order valence-corrected chi connectivity index (χ1v) is 7.54. The van der Waals surface area contributed by atoms with E-state index in [0.717, 1.165) is 42.6 Å². The summed E-state index contributed by atoms with van der Waals surface area (Å²) in [6.07, 6.45) is 3.28. The van der Waals surface area contributed by atoms with E-state index in [1.54, 1.807) is 0 Å². The first-order valence-electron chi connectivity index (χ1n) is 7.54. The second kappa shape index (κ2) is 6.39. The lowest BCUT2D eigenvalue weighted by atomic mass is 9.96. The van der Waals surface area contributed by atoms with Crippen molar-refractivity contribution in [3.8, 4) is 0 Å². The van der Waals surface area contributed by atoms with Gasteiger partial charge < -0.3 is 15.5 Å². The molecule has 112 valence electrons. The molecule has 1 aromatic heterocycles. The van der Waals surface area contributed by atoms with Crippen LogP contribution in [-0.2, 0) is 6.42 Å². The van der Waals surface area contributed by atoms with Crippen molar-refractivity contribution < 1.29 is 0 Å². The standard InChI is InChI=1S/C15H27N5/c1-5-13-17-14(16)11(2)15(18-13)20-8-6-12(7-9-20)10-19(3)4/h12H,5-10H2,1-4H3,(H2,16,17,18). The van der Waals surface area contributed by atoms with Gasteiger partial charge in [-0.2, -0.15) is 0 Å². The number of hydrogen-bond acceptors (Lipinski definition) is 5. The molecule has 5 nitrogen and oxygen atoms in total. The van der Waals surface area contributed by atoms with Crippen LogP contribution in [0.25, 0.3) is 0 Å². The molecule has 1 fully saturated rings. The molecule has 0 saturated carbocycles. The topological polar surface area (TPSA) is 58.3 Å². The molecule has 20 heavy (non-hydrogen) atoms. The molecule has 5 heteroatoms. The lowest BCUT2D eigenvalue weighted by Crippen LogP contribution is -2.38. The molecule has 2 N–H and O–H groups in total. The van der Waals surface area contributed by atoms with Crippen molar-refractivity contribution in [2.75, 3.05) is 44.4 Å². The second-order valence-corrected chi connectivity index (χ2v) is 6.02. The predicted octanol–water partition coefficient (Wildman–Crippen LogP) is 1.71. The Labute approximate surface area is 122 Å². The van der Waals surface area contributed by atoms with E-state index in [-0.39, 0.29) is 0 Å². The fraction of sp³-hybridized carbons (Fsp3) is 0.733. The molecule has 1 aliphatic heterocycles. The van der Waals surface area contributed by atoms with Gasteiger partial charge in [0.25, 0.3) is 0 Å². The highest BCUT2D eigenvalue weighted by molar-refractivity contribution is 5.56. The molecule has 2 rings (SSSR count). The Hall–Kier alpha value is -1.36. The van der Waals surface area contributed by atoms with E-state index in [4.69, 9.17) is 5.73 Å². The van der Waals surface area contributed by atoms with Crippen LogP contribution in [0.15, 0.2) is 0 Å². The summed E-state index contributed by atoms with van der Waals surface area (Å²) in [6.45, 7) is 7.41. The highest BCUT2D eigenvalue weighted by atomic mass is 15.2. The van der Waals surface area contributed by atoms with Crippen LogP contribution in [0.5, 0.6) is 0 Å². The molecule has 2 heterocycles. The van der Waals surface area contributed by atoms with Gasteiger partial charge in [0, 0.05) is 31.6 Å². The normalized spacial score (nSPS) is 16.9. The Kier molecular flexibility index (Phi) is 4.81. The van der Waals surface area contributed by atoms with Crippen molar-refractivity contribution in [1.29, 1.82) is 0 Å². The third-order valence-corrected chi connectivity index (χ3v) is 4.06. The SMILES string of the molecule is CCc1nc(N)c(C)c(N2CCC(CN(C)C)CC2)n1. The smallest absolute Gasteiger partial charge is 0.137 e. The zero-order valence-electron chi connectivity index (χ0n) is 13.2. The number of nitrogens with two attached hydrogens (primary N) is 1. The van der Waals surface area contributed by atoms with Crippen LogP contribution in [0.1, 0.15) is 31.2 Å². The van der Waals surface area contributed by atoms with E-state index in [2.05, 4.69) is 40.8 Å². The number of aryl methyl sites for hydroxylation is 1. The average Bonchev–Trinajstić information content (AvgIpc) is 2.42. The average molecular weight is 277 g/mol. The van der Waals surface area contributed by atoms with Crippen molar-refractivity contribution in [3.05, 3.63) is 11.4 Å². The second-order valence-electron chi connectivity index (χ2n) is 6.02. The number of anilines is 2. The zero-order chi connectivity index (χ0) is 14.7. The van der Waals surface area contributed by atoms with Crippen LogP contribution >= 0.6 is 0 Å². The van der Waals surface area contributed by atoms with Gasteiger partial charge >= 0.3 is 0 Å². The molecule has 0 aromatic carbocycles. The molecule has 0 unspecified atom stereocenters. The highest BCUT2D eigenvalue weighted by Gasteiger charge is 2.22. The van der Waals surface area contributed by atoms with Gasteiger partial charge in [-0.15, -0.1) is 0 Å². The Balaban J connectivity index is 2.08. The third-order valence-electron chi connectivity index (χ3n) is 4.06. The van der Waals surface area contributed by atoms with Crippen LogP contribution in [0.2, 0.25) is 0 Å². The van der Waals surface area contributed by atoms with Crippen LogP contribution in [-0.4, -0.2) is 48.6 Å². The summed E-state index contributed by atoms with van der Waals surface area (Å²) < 4.78 is 0. The Morgan fingerprint density at radius 2 is 1.90 bits per heavy atom. The van der Waals surface area contributed by atoms with E-state index in [1.165, 1.54) is 19.4 Å². The summed E-state index contributed by atoms with van der Waals surface area (Å²) >= 11 is 0. The first-order chi connectivity index (χ1) is 9.51. The summed E-state index contributed by atoms with van der Waals surface area (Å²) in [6, 6.07) is 0. The Morgan fingerprint density at radius 3 is 2.45 bits per heavy atom.